The van der Waals surface area contributed by atoms with Crippen LogP contribution in [0.4, 0.5) is 0 Å². The number of hydrogen-bond acceptors (Lipinski definition) is 6. The van der Waals surface area contributed by atoms with Crippen LogP contribution in [0.3, 0.4) is 0 Å². The number of aromatic nitrogens is 4. The van der Waals surface area contributed by atoms with E-state index in [9.17, 15) is 13.2 Å². The highest BCUT2D eigenvalue weighted by molar-refractivity contribution is 7.89. The summed E-state index contributed by atoms with van der Waals surface area (Å²) in [7, 11) is -3.64. The molecule has 1 saturated heterocycles. The Hall–Kier alpha value is -2.82. The molecule has 2 aromatic carbocycles. The highest BCUT2D eigenvalue weighted by Gasteiger charge is 2.32. The largest absolute Gasteiger partial charge is 0.352 e. The Morgan fingerprint density at radius 1 is 1.13 bits per heavy atom. The molecule has 1 aliphatic rings. The van der Waals surface area contributed by atoms with E-state index in [-0.39, 0.29) is 16.7 Å². The number of amides is 1. The van der Waals surface area contributed by atoms with E-state index in [1.807, 2.05) is 18.2 Å². The van der Waals surface area contributed by atoms with Crippen molar-refractivity contribution in [1.82, 2.24) is 30.2 Å². The second-order valence-corrected chi connectivity index (χ2v) is 9.59. The predicted molar refractivity (Wildman–Crippen MR) is 114 cm³/mol. The average molecular weight is 461 g/mol. The van der Waals surface area contributed by atoms with Gasteiger partial charge in [-0.2, -0.15) is 9.52 Å². The first kappa shape index (κ1) is 21.4. The van der Waals surface area contributed by atoms with Gasteiger partial charge in [-0.15, -0.1) is 10.2 Å². The minimum absolute atomic E-state index is 0.0820. The van der Waals surface area contributed by atoms with Crippen LogP contribution in [0.5, 0.6) is 0 Å². The molecule has 3 aromatic rings. The van der Waals surface area contributed by atoms with Crippen LogP contribution in [-0.4, -0.2) is 52.3 Å². The molecule has 0 bridgehead atoms. The summed E-state index contributed by atoms with van der Waals surface area (Å²) in [5, 5.41) is 17.1. The number of nitrogens with zero attached hydrogens (tertiary/aromatic N) is 4. The van der Waals surface area contributed by atoms with Crippen molar-refractivity contribution in [3.8, 4) is 11.4 Å². The number of nitrogens with one attached hydrogen (secondary N) is 2. The third-order valence-corrected chi connectivity index (χ3v) is 7.61. The Morgan fingerprint density at radius 2 is 1.84 bits per heavy atom. The van der Waals surface area contributed by atoms with Crippen LogP contribution in [0, 0.1) is 5.92 Å². The zero-order valence-electron chi connectivity index (χ0n) is 16.5. The standard InChI is InChI=1S/C20H21ClN6O3S/c21-18-4-2-1-3-16(18)13-22-20(28)15-9-11-27(12-10-15)31(29,30)17-7-5-14(6-8-17)19-23-25-26-24-19/h1-8,15H,9-13H2,(H,22,28)(H,23,24,25,26). The lowest BCUT2D eigenvalue weighted by Crippen LogP contribution is -2.42. The fraction of sp³-hybridized carbons (Fsp3) is 0.300. The Kier molecular flexibility index (Phi) is 6.30. The van der Waals surface area contributed by atoms with Crippen LogP contribution in [0.25, 0.3) is 11.4 Å². The lowest BCUT2D eigenvalue weighted by molar-refractivity contribution is -0.126. The van der Waals surface area contributed by atoms with E-state index < -0.39 is 10.0 Å². The normalized spacial score (nSPS) is 15.6. The van der Waals surface area contributed by atoms with Gasteiger partial charge < -0.3 is 5.32 Å². The maximum absolute atomic E-state index is 13.0. The summed E-state index contributed by atoms with van der Waals surface area (Å²) in [6.07, 6.45) is 0.934. The summed E-state index contributed by atoms with van der Waals surface area (Å²) in [5.74, 6) is 0.0866. The molecule has 1 aliphatic heterocycles. The van der Waals surface area contributed by atoms with Crippen molar-refractivity contribution in [2.24, 2.45) is 5.92 Å². The van der Waals surface area contributed by atoms with Gasteiger partial charge in [-0.25, -0.2) is 8.42 Å². The van der Waals surface area contributed by atoms with Gasteiger partial charge in [0.25, 0.3) is 0 Å². The lowest BCUT2D eigenvalue weighted by atomic mass is 9.97. The summed E-state index contributed by atoms with van der Waals surface area (Å²) in [6, 6.07) is 13.7. The third kappa shape index (κ3) is 4.76. The number of halogens is 1. The molecular weight excluding hydrogens is 440 g/mol. The second-order valence-electron chi connectivity index (χ2n) is 7.25. The van der Waals surface area contributed by atoms with Gasteiger partial charge in [0.1, 0.15) is 0 Å². The monoisotopic (exact) mass is 460 g/mol. The Labute approximate surface area is 184 Å². The quantitative estimate of drug-likeness (QED) is 0.581. The number of hydrogen-bond donors (Lipinski definition) is 2. The molecule has 0 radical (unpaired) electrons. The minimum atomic E-state index is -3.64. The maximum atomic E-state index is 13.0. The highest BCUT2D eigenvalue weighted by atomic mass is 35.5. The molecule has 9 nitrogen and oxygen atoms in total. The van der Waals surface area contributed by atoms with Crippen molar-refractivity contribution >= 4 is 27.5 Å². The molecule has 0 atom stereocenters. The number of sulfonamides is 1. The minimum Gasteiger partial charge on any atom is -0.352 e. The number of aromatic amines is 1. The second kappa shape index (κ2) is 9.13. The van der Waals surface area contributed by atoms with Crippen LogP contribution in [-0.2, 0) is 21.4 Å². The fourth-order valence-corrected chi connectivity index (χ4v) is 5.21. The fourth-order valence-electron chi connectivity index (χ4n) is 3.54. The first-order valence-corrected chi connectivity index (χ1v) is 11.6. The first-order valence-electron chi connectivity index (χ1n) is 9.80. The van der Waals surface area contributed by atoms with Gasteiger partial charge in [0.15, 0.2) is 0 Å². The Balaban J connectivity index is 1.34. The van der Waals surface area contributed by atoms with E-state index in [1.54, 1.807) is 18.2 Å². The van der Waals surface area contributed by atoms with Crippen molar-refractivity contribution in [3.63, 3.8) is 0 Å². The first-order chi connectivity index (χ1) is 14.9. The summed E-state index contributed by atoms with van der Waals surface area (Å²) in [5.41, 5.74) is 1.52. The van der Waals surface area contributed by atoms with E-state index in [1.165, 1.54) is 16.4 Å². The zero-order valence-corrected chi connectivity index (χ0v) is 18.1. The highest BCUT2D eigenvalue weighted by Crippen LogP contribution is 2.25. The molecule has 1 fully saturated rings. The molecule has 2 N–H and O–H groups in total. The molecule has 31 heavy (non-hydrogen) atoms. The number of tetrazole rings is 1. The average Bonchev–Trinajstić information content (AvgIpc) is 3.33. The van der Waals surface area contributed by atoms with E-state index >= 15 is 0 Å². The number of carbonyl (C=O) groups is 1. The molecule has 162 valence electrons. The predicted octanol–water partition coefficient (Wildman–Crippen LogP) is 2.24. The third-order valence-electron chi connectivity index (χ3n) is 5.33. The van der Waals surface area contributed by atoms with Crippen molar-refractivity contribution in [1.29, 1.82) is 0 Å². The summed E-state index contributed by atoms with van der Waals surface area (Å²) in [4.78, 5) is 12.7. The summed E-state index contributed by atoms with van der Waals surface area (Å²) >= 11 is 6.12. The van der Waals surface area contributed by atoms with Crippen molar-refractivity contribution in [3.05, 3.63) is 59.1 Å². The molecule has 0 unspecified atom stereocenters. The molecule has 4 rings (SSSR count). The van der Waals surface area contributed by atoms with E-state index in [0.29, 0.717) is 48.9 Å². The Morgan fingerprint density at radius 3 is 2.48 bits per heavy atom. The van der Waals surface area contributed by atoms with Gasteiger partial charge in [-0.3, -0.25) is 4.79 Å². The van der Waals surface area contributed by atoms with Gasteiger partial charge in [0.05, 0.1) is 4.90 Å². The summed E-state index contributed by atoms with van der Waals surface area (Å²) in [6.45, 7) is 0.932. The van der Waals surface area contributed by atoms with Crippen LogP contribution < -0.4 is 5.32 Å². The number of piperidine rings is 1. The van der Waals surface area contributed by atoms with Crippen molar-refractivity contribution in [2.75, 3.05) is 13.1 Å². The molecule has 2 heterocycles. The van der Waals surface area contributed by atoms with E-state index in [0.717, 1.165) is 5.56 Å². The van der Waals surface area contributed by atoms with Crippen molar-refractivity contribution in [2.45, 2.75) is 24.3 Å². The number of H-pyrrole nitrogens is 1. The van der Waals surface area contributed by atoms with Crippen molar-refractivity contribution < 1.29 is 13.2 Å². The van der Waals surface area contributed by atoms with Gasteiger partial charge in [0, 0.05) is 36.1 Å². The molecule has 0 aliphatic carbocycles. The van der Waals surface area contributed by atoms with Gasteiger partial charge >= 0.3 is 0 Å². The summed E-state index contributed by atoms with van der Waals surface area (Å²) < 4.78 is 27.4. The molecule has 1 amide bonds. The molecule has 0 spiro atoms. The Bertz CT molecular complexity index is 1140. The molecule has 1 aromatic heterocycles. The van der Waals surface area contributed by atoms with Crippen LogP contribution in [0.1, 0.15) is 18.4 Å². The van der Waals surface area contributed by atoms with Gasteiger partial charge in [0.2, 0.25) is 21.8 Å². The number of benzene rings is 2. The van der Waals surface area contributed by atoms with E-state index in [4.69, 9.17) is 11.6 Å². The molecular formula is C20H21ClN6O3S. The maximum Gasteiger partial charge on any atom is 0.243 e. The van der Waals surface area contributed by atoms with Crippen LogP contribution in [0.15, 0.2) is 53.4 Å². The van der Waals surface area contributed by atoms with E-state index in [2.05, 4.69) is 25.9 Å². The number of rotatable bonds is 6. The molecule has 11 heteroatoms. The van der Waals surface area contributed by atoms with Crippen LogP contribution >= 0.6 is 11.6 Å². The topological polar surface area (TPSA) is 121 Å². The van der Waals surface area contributed by atoms with Crippen LogP contribution in [0.2, 0.25) is 5.02 Å². The van der Waals surface area contributed by atoms with Gasteiger partial charge in [-0.1, -0.05) is 29.8 Å². The number of carbonyl (C=O) groups excluding carboxylic acids is 1. The zero-order chi connectivity index (χ0) is 21.8. The SMILES string of the molecule is O=C(NCc1ccccc1Cl)C1CCN(S(=O)(=O)c2ccc(-c3nn[nH]n3)cc2)CC1. The lowest BCUT2D eigenvalue weighted by Gasteiger charge is -2.30. The molecule has 0 saturated carbocycles. The smallest absolute Gasteiger partial charge is 0.243 e. The van der Waals surface area contributed by atoms with Gasteiger partial charge in [-0.05, 0) is 54.0 Å².